The van der Waals surface area contributed by atoms with Crippen molar-refractivity contribution in [3.05, 3.63) is 77.6 Å². The number of anilines is 1. The second-order valence-corrected chi connectivity index (χ2v) is 8.22. The van der Waals surface area contributed by atoms with E-state index in [1.54, 1.807) is 6.07 Å². The van der Waals surface area contributed by atoms with Gasteiger partial charge in [0.15, 0.2) is 0 Å². The molecule has 3 rings (SSSR count). The maximum absolute atomic E-state index is 12.9. The van der Waals surface area contributed by atoms with Gasteiger partial charge in [0.05, 0.1) is 24.0 Å². The van der Waals surface area contributed by atoms with E-state index in [0.717, 1.165) is 30.9 Å². The molecule has 180 valence electrons. The molecular formula is C28H34N2O4. The molecule has 0 aliphatic heterocycles. The van der Waals surface area contributed by atoms with Crippen LogP contribution in [0.3, 0.4) is 0 Å². The number of hydrogen-bond acceptors (Lipinski definition) is 5. The Morgan fingerprint density at radius 3 is 2.38 bits per heavy atom. The quantitative estimate of drug-likeness (QED) is 0.329. The molecule has 0 fully saturated rings. The van der Waals surface area contributed by atoms with Crippen LogP contribution in [-0.2, 0) is 11.2 Å². The van der Waals surface area contributed by atoms with Gasteiger partial charge in [-0.25, -0.2) is 0 Å². The van der Waals surface area contributed by atoms with Crippen LogP contribution in [0.25, 0.3) is 0 Å². The number of carbonyl (C=O) groups is 1. The SMILES string of the molecule is CCCOc1ccc(Oc2cccc(NC(=O)c3ccc(CC(C)OCCC)nc3C)c2)cc1. The van der Waals surface area contributed by atoms with Crippen molar-refractivity contribution in [1.29, 1.82) is 0 Å². The van der Waals surface area contributed by atoms with E-state index in [1.807, 2.05) is 68.4 Å². The van der Waals surface area contributed by atoms with Gasteiger partial charge in [0.1, 0.15) is 17.2 Å². The molecule has 1 atom stereocenters. The van der Waals surface area contributed by atoms with Crippen LogP contribution in [0.1, 0.15) is 55.4 Å². The van der Waals surface area contributed by atoms with E-state index in [0.29, 0.717) is 41.5 Å². The first kappa shape index (κ1) is 25.2. The van der Waals surface area contributed by atoms with Gasteiger partial charge in [0.25, 0.3) is 5.91 Å². The number of amides is 1. The lowest BCUT2D eigenvalue weighted by Crippen LogP contribution is -2.16. The maximum Gasteiger partial charge on any atom is 0.257 e. The van der Waals surface area contributed by atoms with Crippen molar-refractivity contribution in [3.63, 3.8) is 0 Å². The Morgan fingerprint density at radius 1 is 0.941 bits per heavy atom. The summed E-state index contributed by atoms with van der Waals surface area (Å²) in [6, 6.07) is 18.5. The van der Waals surface area contributed by atoms with Crippen LogP contribution in [-0.4, -0.2) is 30.2 Å². The predicted molar refractivity (Wildman–Crippen MR) is 135 cm³/mol. The Morgan fingerprint density at radius 2 is 1.68 bits per heavy atom. The number of ether oxygens (including phenoxy) is 3. The van der Waals surface area contributed by atoms with E-state index in [9.17, 15) is 4.79 Å². The minimum absolute atomic E-state index is 0.0920. The molecule has 1 N–H and O–H groups in total. The zero-order valence-corrected chi connectivity index (χ0v) is 20.5. The summed E-state index contributed by atoms with van der Waals surface area (Å²) in [7, 11) is 0. The Bertz CT molecular complexity index is 1070. The Kier molecular flexibility index (Phi) is 9.47. The van der Waals surface area contributed by atoms with Gasteiger partial charge in [-0.05, 0) is 75.2 Å². The third-order valence-electron chi connectivity index (χ3n) is 5.12. The van der Waals surface area contributed by atoms with Crippen molar-refractivity contribution in [2.45, 2.75) is 53.1 Å². The molecule has 1 amide bonds. The number of nitrogens with one attached hydrogen (secondary N) is 1. The fraction of sp³-hybridized carbons (Fsp3) is 0.357. The third kappa shape index (κ3) is 7.59. The van der Waals surface area contributed by atoms with E-state index in [4.69, 9.17) is 14.2 Å². The first-order chi connectivity index (χ1) is 16.5. The summed E-state index contributed by atoms with van der Waals surface area (Å²) in [5.74, 6) is 1.93. The minimum atomic E-state index is -0.207. The smallest absolute Gasteiger partial charge is 0.257 e. The van der Waals surface area contributed by atoms with Gasteiger partial charge in [-0.1, -0.05) is 19.9 Å². The average Bonchev–Trinajstić information content (AvgIpc) is 2.82. The van der Waals surface area contributed by atoms with Gasteiger partial charge in [0.2, 0.25) is 0 Å². The number of hydrogen-bond donors (Lipinski definition) is 1. The molecular weight excluding hydrogens is 428 g/mol. The van der Waals surface area contributed by atoms with Crippen molar-refractivity contribution in [3.8, 4) is 17.2 Å². The lowest BCUT2D eigenvalue weighted by Gasteiger charge is -2.14. The van der Waals surface area contributed by atoms with Crippen molar-refractivity contribution in [2.24, 2.45) is 0 Å². The van der Waals surface area contributed by atoms with Gasteiger partial charge in [-0.3, -0.25) is 9.78 Å². The van der Waals surface area contributed by atoms with Crippen molar-refractivity contribution in [2.75, 3.05) is 18.5 Å². The summed E-state index contributed by atoms with van der Waals surface area (Å²) in [5, 5.41) is 2.94. The van der Waals surface area contributed by atoms with Crippen LogP contribution in [0.2, 0.25) is 0 Å². The van der Waals surface area contributed by atoms with E-state index < -0.39 is 0 Å². The van der Waals surface area contributed by atoms with Crippen LogP contribution in [0.4, 0.5) is 5.69 Å². The van der Waals surface area contributed by atoms with Gasteiger partial charge >= 0.3 is 0 Å². The van der Waals surface area contributed by atoms with Gasteiger partial charge in [-0.2, -0.15) is 0 Å². The number of aryl methyl sites for hydroxylation is 1. The lowest BCUT2D eigenvalue weighted by molar-refractivity contribution is 0.0663. The van der Waals surface area contributed by atoms with E-state index in [-0.39, 0.29) is 12.0 Å². The number of aromatic nitrogens is 1. The number of rotatable bonds is 12. The molecule has 1 unspecified atom stereocenters. The van der Waals surface area contributed by atoms with Gasteiger partial charge in [-0.15, -0.1) is 0 Å². The summed E-state index contributed by atoms with van der Waals surface area (Å²) >= 11 is 0. The summed E-state index contributed by atoms with van der Waals surface area (Å²) in [4.78, 5) is 17.5. The lowest BCUT2D eigenvalue weighted by atomic mass is 10.1. The summed E-state index contributed by atoms with van der Waals surface area (Å²) in [5.41, 5.74) is 2.80. The molecule has 1 heterocycles. The van der Waals surface area contributed by atoms with Crippen molar-refractivity contribution in [1.82, 2.24) is 4.98 Å². The molecule has 34 heavy (non-hydrogen) atoms. The molecule has 3 aromatic rings. The second-order valence-electron chi connectivity index (χ2n) is 8.22. The topological polar surface area (TPSA) is 69.7 Å². The fourth-order valence-electron chi connectivity index (χ4n) is 3.43. The van der Waals surface area contributed by atoms with E-state index >= 15 is 0 Å². The first-order valence-corrected chi connectivity index (χ1v) is 11.9. The fourth-order valence-corrected chi connectivity index (χ4v) is 3.43. The Labute approximate surface area is 202 Å². The molecule has 0 radical (unpaired) electrons. The molecule has 6 heteroatoms. The molecule has 0 aliphatic rings. The maximum atomic E-state index is 12.9. The normalized spacial score (nSPS) is 11.6. The molecule has 1 aromatic heterocycles. The monoisotopic (exact) mass is 462 g/mol. The van der Waals surface area contributed by atoms with E-state index in [1.165, 1.54) is 0 Å². The predicted octanol–water partition coefficient (Wildman–Crippen LogP) is 6.58. The van der Waals surface area contributed by atoms with Crippen LogP contribution < -0.4 is 14.8 Å². The highest BCUT2D eigenvalue weighted by Gasteiger charge is 2.13. The highest BCUT2D eigenvalue weighted by atomic mass is 16.5. The summed E-state index contributed by atoms with van der Waals surface area (Å²) in [6.07, 6.45) is 2.76. The highest BCUT2D eigenvalue weighted by Crippen LogP contribution is 2.26. The van der Waals surface area contributed by atoms with Crippen LogP contribution in [0.15, 0.2) is 60.7 Å². The van der Waals surface area contributed by atoms with Crippen LogP contribution >= 0.6 is 0 Å². The molecule has 2 aromatic carbocycles. The molecule has 0 saturated carbocycles. The third-order valence-corrected chi connectivity index (χ3v) is 5.12. The molecule has 0 saturated heterocycles. The average molecular weight is 463 g/mol. The first-order valence-electron chi connectivity index (χ1n) is 11.9. The molecule has 0 bridgehead atoms. The zero-order valence-electron chi connectivity index (χ0n) is 20.5. The van der Waals surface area contributed by atoms with E-state index in [2.05, 4.69) is 24.1 Å². The zero-order chi connectivity index (χ0) is 24.3. The summed E-state index contributed by atoms with van der Waals surface area (Å²) in [6.45, 7) is 9.47. The Balaban J connectivity index is 1.61. The van der Waals surface area contributed by atoms with Crippen LogP contribution in [0.5, 0.6) is 17.2 Å². The number of carbonyl (C=O) groups excluding carboxylic acids is 1. The van der Waals surface area contributed by atoms with Crippen LogP contribution in [0, 0.1) is 6.92 Å². The number of benzene rings is 2. The largest absolute Gasteiger partial charge is 0.494 e. The standard InChI is InChI=1S/C28H34N2O4/c1-5-16-32-20(3)18-23-10-15-27(21(4)29-23)28(31)30-22-8-7-9-26(19-22)34-25-13-11-24(12-14-25)33-17-6-2/h7-15,19-20H,5-6,16-18H2,1-4H3,(H,30,31). The summed E-state index contributed by atoms with van der Waals surface area (Å²) < 4.78 is 17.3. The second kappa shape index (κ2) is 12.8. The van der Waals surface area contributed by atoms with Crippen molar-refractivity contribution < 1.29 is 19.0 Å². The molecule has 0 aliphatic carbocycles. The minimum Gasteiger partial charge on any atom is -0.494 e. The molecule has 0 spiro atoms. The van der Waals surface area contributed by atoms with Gasteiger partial charge in [0, 0.05) is 30.5 Å². The highest BCUT2D eigenvalue weighted by molar-refractivity contribution is 6.05. The van der Waals surface area contributed by atoms with Crippen molar-refractivity contribution >= 4 is 11.6 Å². The number of nitrogens with zero attached hydrogens (tertiary/aromatic N) is 1. The molecule has 6 nitrogen and oxygen atoms in total. The number of pyridine rings is 1. The van der Waals surface area contributed by atoms with Gasteiger partial charge < -0.3 is 19.5 Å². The Hall–Kier alpha value is -3.38.